The minimum absolute atomic E-state index is 0.0105. The molecule has 0 spiro atoms. The third-order valence-electron chi connectivity index (χ3n) is 4.51. The topological polar surface area (TPSA) is 58.1 Å². The van der Waals surface area contributed by atoms with Crippen LogP contribution >= 0.6 is 11.6 Å². The van der Waals surface area contributed by atoms with Crippen molar-refractivity contribution in [3.8, 4) is 0 Å². The molecule has 0 atom stereocenters. The van der Waals surface area contributed by atoms with Gasteiger partial charge in [0.25, 0.3) is 5.91 Å². The molecular formula is C18H18ClF3N4O. The minimum Gasteiger partial charge on any atom is -0.341 e. The summed E-state index contributed by atoms with van der Waals surface area (Å²) in [5.41, 5.74) is -0.878. The fourth-order valence-electron chi connectivity index (χ4n) is 2.80. The zero-order valence-corrected chi connectivity index (χ0v) is 15.3. The van der Waals surface area contributed by atoms with Crippen LogP contribution in [0, 0.1) is 5.92 Å². The molecule has 2 aromatic rings. The van der Waals surface area contributed by atoms with E-state index in [0.29, 0.717) is 11.9 Å². The highest BCUT2D eigenvalue weighted by Gasteiger charge is 2.31. The van der Waals surface area contributed by atoms with Gasteiger partial charge < -0.3 is 10.2 Å². The zero-order valence-electron chi connectivity index (χ0n) is 14.6. The van der Waals surface area contributed by atoms with Crippen molar-refractivity contribution in [2.24, 2.45) is 5.92 Å². The number of hydrogen-bond donors (Lipinski definition) is 1. The fourth-order valence-corrected chi connectivity index (χ4v) is 2.97. The summed E-state index contributed by atoms with van der Waals surface area (Å²) in [6.45, 7) is 3.91. The quantitative estimate of drug-likeness (QED) is 0.818. The third kappa shape index (κ3) is 4.68. The molecule has 1 aliphatic heterocycles. The van der Waals surface area contributed by atoms with Crippen LogP contribution in [0.2, 0.25) is 5.02 Å². The van der Waals surface area contributed by atoms with E-state index in [1.54, 1.807) is 0 Å². The van der Waals surface area contributed by atoms with Crippen molar-refractivity contribution in [3.05, 3.63) is 46.7 Å². The first-order valence-electron chi connectivity index (χ1n) is 8.49. The normalized spacial score (nSPS) is 15.7. The van der Waals surface area contributed by atoms with Crippen molar-refractivity contribution in [1.29, 1.82) is 0 Å². The molecule has 1 saturated heterocycles. The third-order valence-corrected chi connectivity index (χ3v) is 4.84. The van der Waals surface area contributed by atoms with E-state index in [2.05, 4.69) is 22.2 Å². The van der Waals surface area contributed by atoms with Crippen molar-refractivity contribution in [2.75, 3.05) is 23.3 Å². The Bertz CT molecular complexity index is 818. The molecule has 1 aromatic carbocycles. The molecule has 0 saturated carbocycles. The van der Waals surface area contributed by atoms with Crippen LogP contribution in [0.3, 0.4) is 0 Å². The molecule has 1 aliphatic rings. The first-order chi connectivity index (χ1) is 12.7. The number of nitrogens with one attached hydrogen (secondary N) is 1. The Balaban J connectivity index is 1.71. The van der Waals surface area contributed by atoms with Gasteiger partial charge >= 0.3 is 6.18 Å². The summed E-state index contributed by atoms with van der Waals surface area (Å²) in [5.74, 6) is 0.578. The van der Waals surface area contributed by atoms with E-state index in [1.165, 1.54) is 12.4 Å². The predicted octanol–water partition coefficient (Wildman–Crippen LogP) is 4.64. The van der Waals surface area contributed by atoms with Gasteiger partial charge in [0.2, 0.25) is 5.95 Å². The lowest BCUT2D eigenvalue weighted by molar-refractivity contribution is -0.137. The maximum Gasteiger partial charge on any atom is 0.416 e. The van der Waals surface area contributed by atoms with E-state index >= 15 is 0 Å². The van der Waals surface area contributed by atoms with E-state index in [9.17, 15) is 18.0 Å². The number of piperidine rings is 1. The molecule has 5 nitrogen and oxygen atoms in total. The lowest BCUT2D eigenvalue weighted by Gasteiger charge is -2.30. The number of amides is 1. The van der Waals surface area contributed by atoms with Gasteiger partial charge in [-0.2, -0.15) is 13.2 Å². The largest absolute Gasteiger partial charge is 0.416 e. The van der Waals surface area contributed by atoms with Crippen LogP contribution in [-0.2, 0) is 6.18 Å². The second kappa shape index (κ2) is 7.72. The first-order valence-corrected chi connectivity index (χ1v) is 8.87. The summed E-state index contributed by atoms with van der Waals surface area (Å²) in [6.07, 6.45) is 0.300. The lowest BCUT2D eigenvalue weighted by Crippen LogP contribution is -2.34. The van der Waals surface area contributed by atoms with Gasteiger partial charge in [-0.05, 0) is 37.0 Å². The van der Waals surface area contributed by atoms with Crippen LogP contribution in [0.25, 0.3) is 0 Å². The Morgan fingerprint density at radius 1 is 1.22 bits per heavy atom. The molecule has 3 rings (SSSR count). The van der Waals surface area contributed by atoms with Crippen molar-refractivity contribution in [2.45, 2.75) is 25.9 Å². The average Bonchev–Trinajstić information content (AvgIpc) is 2.63. The molecule has 0 radical (unpaired) electrons. The maximum atomic E-state index is 12.8. The summed E-state index contributed by atoms with van der Waals surface area (Å²) in [7, 11) is 0. The number of carbonyl (C=O) groups is 1. The number of alkyl halides is 3. The molecule has 27 heavy (non-hydrogen) atoms. The van der Waals surface area contributed by atoms with Gasteiger partial charge in [0.05, 0.1) is 21.8 Å². The van der Waals surface area contributed by atoms with Crippen molar-refractivity contribution < 1.29 is 18.0 Å². The Morgan fingerprint density at radius 3 is 2.44 bits per heavy atom. The van der Waals surface area contributed by atoms with E-state index in [4.69, 9.17) is 11.6 Å². The number of hydrogen-bond acceptors (Lipinski definition) is 4. The Labute approximate surface area is 159 Å². The Kier molecular flexibility index (Phi) is 5.55. The molecule has 0 unspecified atom stereocenters. The van der Waals surface area contributed by atoms with Gasteiger partial charge in [0.1, 0.15) is 0 Å². The number of benzene rings is 1. The zero-order chi connectivity index (χ0) is 19.6. The average molecular weight is 399 g/mol. The van der Waals surface area contributed by atoms with E-state index < -0.39 is 17.6 Å². The van der Waals surface area contributed by atoms with Gasteiger partial charge in [0.15, 0.2) is 0 Å². The van der Waals surface area contributed by atoms with Gasteiger partial charge in [-0.25, -0.2) is 9.97 Å². The van der Waals surface area contributed by atoms with Crippen molar-refractivity contribution in [3.63, 3.8) is 0 Å². The molecule has 1 aromatic heterocycles. The van der Waals surface area contributed by atoms with Crippen molar-refractivity contribution in [1.82, 2.24) is 9.97 Å². The van der Waals surface area contributed by atoms with E-state index in [-0.39, 0.29) is 16.3 Å². The molecule has 0 aliphatic carbocycles. The van der Waals surface area contributed by atoms with Crippen LogP contribution in [0.5, 0.6) is 0 Å². The van der Waals surface area contributed by atoms with Crippen LogP contribution in [0.15, 0.2) is 30.6 Å². The number of aromatic nitrogens is 2. The predicted molar refractivity (Wildman–Crippen MR) is 97.1 cm³/mol. The monoisotopic (exact) mass is 398 g/mol. The molecule has 9 heteroatoms. The maximum absolute atomic E-state index is 12.8. The van der Waals surface area contributed by atoms with Crippen LogP contribution in [0.4, 0.5) is 24.8 Å². The van der Waals surface area contributed by atoms with Gasteiger partial charge in [0, 0.05) is 25.5 Å². The lowest BCUT2D eigenvalue weighted by atomic mass is 10.00. The number of rotatable bonds is 3. The summed E-state index contributed by atoms with van der Waals surface area (Å²) in [4.78, 5) is 22.8. The highest BCUT2D eigenvalue weighted by molar-refractivity contribution is 6.34. The molecule has 1 fully saturated rings. The van der Waals surface area contributed by atoms with E-state index in [1.807, 2.05) is 4.90 Å². The molecule has 144 valence electrons. The summed E-state index contributed by atoms with van der Waals surface area (Å²) >= 11 is 5.90. The van der Waals surface area contributed by atoms with Crippen LogP contribution in [0.1, 0.15) is 35.7 Å². The summed E-state index contributed by atoms with van der Waals surface area (Å²) in [6, 6.07) is 2.75. The number of carbonyl (C=O) groups excluding carboxylic acids is 1. The molecule has 1 N–H and O–H groups in total. The SMILES string of the molecule is CC1CCN(c2ncc(C(=O)Nc3cc(C(F)(F)F)ccc3Cl)cn2)CC1. The van der Waals surface area contributed by atoms with E-state index in [0.717, 1.165) is 44.1 Å². The molecule has 2 heterocycles. The standard InChI is InChI=1S/C18H18ClF3N4O/c1-11-4-6-26(7-5-11)17-23-9-12(10-24-17)16(27)25-15-8-13(18(20,21)22)2-3-14(15)19/h2-3,8-11H,4-7H2,1H3,(H,25,27). The highest BCUT2D eigenvalue weighted by Crippen LogP contribution is 2.34. The summed E-state index contributed by atoms with van der Waals surface area (Å²) < 4.78 is 38.5. The summed E-state index contributed by atoms with van der Waals surface area (Å²) in [5, 5.41) is 2.39. The van der Waals surface area contributed by atoms with Gasteiger partial charge in [-0.3, -0.25) is 4.79 Å². The van der Waals surface area contributed by atoms with Gasteiger partial charge in [-0.1, -0.05) is 18.5 Å². The van der Waals surface area contributed by atoms with Crippen LogP contribution in [-0.4, -0.2) is 29.0 Å². The highest BCUT2D eigenvalue weighted by atomic mass is 35.5. The fraction of sp³-hybridized carbons (Fsp3) is 0.389. The molecular weight excluding hydrogens is 381 g/mol. The van der Waals surface area contributed by atoms with Gasteiger partial charge in [-0.15, -0.1) is 0 Å². The smallest absolute Gasteiger partial charge is 0.341 e. The number of nitrogens with zero attached hydrogens (tertiary/aromatic N) is 3. The van der Waals surface area contributed by atoms with Crippen molar-refractivity contribution >= 4 is 29.1 Å². The second-order valence-electron chi connectivity index (χ2n) is 6.59. The molecule has 1 amide bonds. The second-order valence-corrected chi connectivity index (χ2v) is 7.00. The number of anilines is 2. The minimum atomic E-state index is -4.53. The first kappa shape index (κ1) is 19.4. The molecule has 0 bridgehead atoms. The van der Waals surface area contributed by atoms with Crippen LogP contribution < -0.4 is 10.2 Å². The Morgan fingerprint density at radius 2 is 1.85 bits per heavy atom. The Hall–Kier alpha value is -2.35. The number of halogens is 4.